The van der Waals surface area contributed by atoms with Crippen molar-refractivity contribution in [1.29, 1.82) is 0 Å². The Labute approximate surface area is 112 Å². The fourth-order valence-electron chi connectivity index (χ4n) is 1.56. The molecule has 1 aromatic carbocycles. The van der Waals surface area contributed by atoms with E-state index in [0.717, 1.165) is 0 Å². The Morgan fingerprint density at radius 1 is 1.21 bits per heavy atom. The highest BCUT2D eigenvalue weighted by Gasteiger charge is 2.20. The number of aliphatic hydroxyl groups excluding tert-OH is 2. The number of hydrogen-bond acceptors (Lipinski definition) is 5. The van der Waals surface area contributed by atoms with Crippen molar-refractivity contribution in [3.8, 4) is 0 Å². The highest BCUT2D eigenvalue weighted by molar-refractivity contribution is 7.91. The predicted molar refractivity (Wildman–Crippen MR) is 70.8 cm³/mol. The van der Waals surface area contributed by atoms with E-state index in [-0.39, 0.29) is 16.6 Å². The molecule has 0 aliphatic heterocycles. The standard InChI is InChI=1S/C13H18O5S/c1-9(2)13(16)10-3-5-12(6-4-10)19(17,18)8-11(15)7-14/h3-6,9,11,14-15H,7-8H2,1-2H3. The summed E-state index contributed by atoms with van der Waals surface area (Å²) in [4.78, 5) is 11.7. The van der Waals surface area contributed by atoms with Crippen LogP contribution in [0.5, 0.6) is 0 Å². The van der Waals surface area contributed by atoms with Gasteiger partial charge in [0.2, 0.25) is 0 Å². The van der Waals surface area contributed by atoms with Gasteiger partial charge in [-0.05, 0) is 12.1 Å². The molecule has 5 nitrogen and oxygen atoms in total. The van der Waals surface area contributed by atoms with Gasteiger partial charge in [-0.25, -0.2) is 8.42 Å². The monoisotopic (exact) mass is 286 g/mol. The maximum Gasteiger partial charge on any atom is 0.181 e. The van der Waals surface area contributed by atoms with Gasteiger partial charge in [-0.15, -0.1) is 0 Å². The first-order valence-electron chi connectivity index (χ1n) is 5.94. The van der Waals surface area contributed by atoms with Crippen molar-refractivity contribution in [1.82, 2.24) is 0 Å². The van der Waals surface area contributed by atoms with Gasteiger partial charge in [0.15, 0.2) is 15.6 Å². The average molecular weight is 286 g/mol. The largest absolute Gasteiger partial charge is 0.394 e. The second-order valence-corrected chi connectivity index (χ2v) is 6.70. The van der Waals surface area contributed by atoms with E-state index in [2.05, 4.69) is 0 Å². The van der Waals surface area contributed by atoms with Crippen molar-refractivity contribution in [2.24, 2.45) is 5.92 Å². The van der Waals surface area contributed by atoms with Gasteiger partial charge in [0.25, 0.3) is 0 Å². The topological polar surface area (TPSA) is 91.7 Å². The normalized spacial score (nSPS) is 13.5. The van der Waals surface area contributed by atoms with Crippen LogP contribution >= 0.6 is 0 Å². The van der Waals surface area contributed by atoms with Gasteiger partial charge in [0, 0.05) is 11.5 Å². The fourth-order valence-corrected chi connectivity index (χ4v) is 2.92. The number of aliphatic hydroxyl groups is 2. The van der Waals surface area contributed by atoms with Crippen LogP contribution < -0.4 is 0 Å². The molecule has 0 aliphatic carbocycles. The Hall–Kier alpha value is -1.24. The maximum absolute atomic E-state index is 11.9. The highest BCUT2D eigenvalue weighted by atomic mass is 32.2. The Morgan fingerprint density at radius 3 is 2.16 bits per heavy atom. The summed E-state index contributed by atoms with van der Waals surface area (Å²) < 4.78 is 23.7. The van der Waals surface area contributed by atoms with Crippen LogP contribution in [-0.4, -0.2) is 42.9 Å². The number of sulfone groups is 1. The Morgan fingerprint density at radius 2 is 1.74 bits per heavy atom. The molecule has 0 radical (unpaired) electrons. The van der Waals surface area contributed by atoms with E-state index < -0.39 is 28.3 Å². The van der Waals surface area contributed by atoms with Gasteiger partial charge in [0.05, 0.1) is 23.4 Å². The number of ketones is 1. The van der Waals surface area contributed by atoms with Crippen molar-refractivity contribution in [2.45, 2.75) is 24.8 Å². The third kappa shape index (κ3) is 4.12. The fraction of sp³-hybridized carbons (Fsp3) is 0.462. The minimum Gasteiger partial charge on any atom is -0.394 e. The molecule has 19 heavy (non-hydrogen) atoms. The minimum absolute atomic E-state index is 0.0281. The van der Waals surface area contributed by atoms with Gasteiger partial charge in [-0.2, -0.15) is 0 Å². The lowest BCUT2D eigenvalue weighted by Crippen LogP contribution is -2.24. The van der Waals surface area contributed by atoms with Gasteiger partial charge < -0.3 is 10.2 Å². The van der Waals surface area contributed by atoms with E-state index in [4.69, 9.17) is 5.11 Å². The molecule has 0 saturated heterocycles. The molecule has 1 unspecified atom stereocenters. The van der Waals surface area contributed by atoms with E-state index in [1.54, 1.807) is 13.8 Å². The molecule has 0 fully saturated rings. The zero-order chi connectivity index (χ0) is 14.6. The Balaban J connectivity index is 2.96. The molecule has 1 atom stereocenters. The van der Waals surface area contributed by atoms with Crippen LogP contribution in [0.15, 0.2) is 29.2 Å². The van der Waals surface area contributed by atoms with Crippen molar-refractivity contribution >= 4 is 15.6 Å². The summed E-state index contributed by atoms with van der Waals surface area (Å²) in [6.45, 7) is 2.93. The quantitative estimate of drug-likeness (QED) is 0.749. The van der Waals surface area contributed by atoms with Gasteiger partial charge >= 0.3 is 0 Å². The molecule has 0 bridgehead atoms. The van der Waals surface area contributed by atoms with Gasteiger partial charge in [0.1, 0.15) is 0 Å². The summed E-state index contributed by atoms with van der Waals surface area (Å²) in [6, 6.07) is 5.60. The lowest BCUT2D eigenvalue weighted by Gasteiger charge is -2.09. The first kappa shape index (κ1) is 15.8. The van der Waals surface area contributed by atoms with Gasteiger partial charge in [-0.1, -0.05) is 26.0 Å². The highest BCUT2D eigenvalue weighted by Crippen LogP contribution is 2.15. The lowest BCUT2D eigenvalue weighted by atomic mass is 10.0. The smallest absolute Gasteiger partial charge is 0.181 e. The van der Waals surface area contributed by atoms with Crippen molar-refractivity contribution in [2.75, 3.05) is 12.4 Å². The second kappa shape index (κ2) is 6.27. The maximum atomic E-state index is 11.9. The van der Waals surface area contributed by atoms with Crippen LogP contribution in [0.1, 0.15) is 24.2 Å². The van der Waals surface area contributed by atoms with Crippen LogP contribution in [0.25, 0.3) is 0 Å². The Bertz CT molecular complexity index is 531. The van der Waals surface area contributed by atoms with Crippen molar-refractivity contribution in [3.05, 3.63) is 29.8 Å². The summed E-state index contributed by atoms with van der Waals surface area (Å²) in [6.07, 6.45) is -1.30. The minimum atomic E-state index is -3.66. The summed E-state index contributed by atoms with van der Waals surface area (Å²) in [7, 11) is -3.66. The molecule has 0 aromatic heterocycles. The number of carbonyl (C=O) groups excluding carboxylic acids is 1. The van der Waals surface area contributed by atoms with Crippen molar-refractivity contribution in [3.63, 3.8) is 0 Å². The van der Waals surface area contributed by atoms with E-state index in [9.17, 15) is 18.3 Å². The second-order valence-electron chi connectivity index (χ2n) is 4.66. The Kier molecular flexibility index (Phi) is 5.22. The lowest BCUT2D eigenvalue weighted by molar-refractivity contribution is 0.0939. The number of rotatable bonds is 6. The zero-order valence-electron chi connectivity index (χ0n) is 10.9. The molecule has 0 heterocycles. The van der Waals surface area contributed by atoms with Gasteiger partial charge in [-0.3, -0.25) is 4.79 Å². The predicted octanol–water partition coefficient (Wildman–Crippen LogP) is 0.652. The molecular weight excluding hydrogens is 268 g/mol. The van der Waals surface area contributed by atoms with E-state index >= 15 is 0 Å². The molecule has 1 aromatic rings. The SMILES string of the molecule is CC(C)C(=O)c1ccc(S(=O)(=O)CC(O)CO)cc1. The number of benzene rings is 1. The zero-order valence-corrected chi connectivity index (χ0v) is 11.7. The molecular formula is C13H18O5S. The molecule has 0 aliphatic rings. The van der Waals surface area contributed by atoms with Crippen LogP contribution in [0.2, 0.25) is 0 Å². The van der Waals surface area contributed by atoms with Crippen LogP contribution in [0, 0.1) is 5.92 Å². The third-order valence-electron chi connectivity index (χ3n) is 2.64. The molecule has 0 saturated carbocycles. The van der Waals surface area contributed by atoms with Crippen molar-refractivity contribution < 1.29 is 23.4 Å². The molecule has 106 valence electrons. The average Bonchev–Trinajstić information content (AvgIpc) is 2.37. The summed E-state index contributed by atoms with van der Waals surface area (Å²) in [5.41, 5.74) is 0.455. The molecule has 2 N–H and O–H groups in total. The summed E-state index contributed by atoms with van der Waals surface area (Å²) in [5.74, 6) is -0.751. The third-order valence-corrected chi connectivity index (χ3v) is 4.46. The molecule has 0 amide bonds. The number of hydrogen-bond donors (Lipinski definition) is 2. The molecule has 0 spiro atoms. The first-order valence-corrected chi connectivity index (χ1v) is 7.59. The molecule has 1 rings (SSSR count). The van der Waals surface area contributed by atoms with E-state index in [1.165, 1.54) is 24.3 Å². The number of carbonyl (C=O) groups is 1. The molecule has 6 heteroatoms. The van der Waals surface area contributed by atoms with Crippen LogP contribution in [-0.2, 0) is 9.84 Å². The van der Waals surface area contributed by atoms with Crippen LogP contribution in [0.4, 0.5) is 0 Å². The summed E-state index contributed by atoms with van der Waals surface area (Å²) >= 11 is 0. The van der Waals surface area contributed by atoms with E-state index in [0.29, 0.717) is 5.56 Å². The number of Topliss-reactive ketones (excluding diaryl/α,β-unsaturated/α-hetero) is 1. The van der Waals surface area contributed by atoms with E-state index in [1.807, 2.05) is 0 Å². The van der Waals surface area contributed by atoms with Crippen LogP contribution in [0.3, 0.4) is 0 Å². The summed E-state index contributed by atoms with van der Waals surface area (Å²) in [5, 5.41) is 17.9. The first-order chi connectivity index (χ1) is 8.77.